The summed E-state index contributed by atoms with van der Waals surface area (Å²) >= 11 is 0. The lowest BCUT2D eigenvalue weighted by Gasteiger charge is -2.22. The first-order valence-corrected chi connectivity index (χ1v) is 46.7. The molecule has 6 aromatic heterocycles. The van der Waals surface area contributed by atoms with Crippen molar-refractivity contribution in [3.63, 3.8) is 0 Å². The minimum absolute atomic E-state index is 0.578. The fraction of sp³-hybridized carbons (Fsp3) is 0. The highest BCUT2D eigenvalue weighted by Crippen LogP contribution is 2.53. The van der Waals surface area contributed by atoms with Gasteiger partial charge in [-0.2, -0.15) is 0 Å². The second-order valence-corrected chi connectivity index (χ2v) is 34.9. The van der Waals surface area contributed by atoms with Gasteiger partial charge in [0.2, 0.25) is 0 Å². The number of fused-ring (bicyclic) bond motifs is 9. The molecule has 0 amide bonds. The van der Waals surface area contributed by atoms with Gasteiger partial charge in [-0.15, -0.1) is 0 Å². The molecule has 19 aromatic carbocycles. The van der Waals surface area contributed by atoms with E-state index in [4.69, 9.17) is 74.0 Å². The maximum atomic E-state index is 6.34. The van der Waals surface area contributed by atoms with Gasteiger partial charge in [-0.25, -0.2) is 44.9 Å². The summed E-state index contributed by atoms with van der Waals surface area (Å²) in [6, 6.07) is 151. The van der Waals surface area contributed by atoms with Crippen LogP contribution in [0.3, 0.4) is 0 Å². The van der Waals surface area contributed by atoms with Gasteiger partial charge < -0.3 is 14.2 Å². The topological polar surface area (TPSA) is 182 Å². The highest BCUT2D eigenvalue weighted by atomic mass is 16.5. The van der Waals surface area contributed by atoms with Crippen molar-refractivity contribution in [1.29, 1.82) is 0 Å². The molecule has 3 aliphatic heterocycles. The Labute approximate surface area is 810 Å². The van der Waals surface area contributed by atoms with Gasteiger partial charge >= 0.3 is 0 Å². The highest BCUT2D eigenvalue weighted by Gasteiger charge is 2.28. The zero-order chi connectivity index (χ0) is 93.2. The molecule has 0 aliphatic carbocycles. The van der Waals surface area contributed by atoms with Gasteiger partial charge in [0, 0.05) is 94.0 Å². The van der Waals surface area contributed by atoms with E-state index in [1.54, 1.807) is 0 Å². The predicted molar refractivity (Wildman–Crippen MR) is 565 cm³/mol. The first-order valence-electron chi connectivity index (χ1n) is 46.7. The van der Waals surface area contributed by atoms with Crippen LogP contribution in [0, 0.1) is 0 Å². The van der Waals surface area contributed by atoms with E-state index in [0.717, 1.165) is 240 Å². The van der Waals surface area contributed by atoms with Gasteiger partial charge in [0.25, 0.3) is 0 Å². The monoisotopic (exact) mass is 1800 g/mol. The van der Waals surface area contributed by atoms with E-state index in [-0.39, 0.29) is 0 Å². The Hall–Kier alpha value is -19.4. The van der Waals surface area contributed by atoms with Crippen molar-refractivity contribution in [3.05, 3.63) is 461 Å². The molecule has 0 fully saturated rings. The van der Waals surface area contributed by atoms with Crippen LogP contribution >= 0.6 is 0 Å². The molecule has 141 heavy (non-hydrogen) atoms. The smallest absolute Gasteiger partial charge is 0.164 e. The number of ether oxygens (including phenoxy) is 3. The van der Waals surface area contributed by atoms with Gasteiger partial charge in [0.1, 0.15) is 34.5 Å². The van der Waals surface area contributed by atoms with Gasteiger partial charge in [0.15, 0.2) is 23.3 Å². The third-order valence-electron chi connectivity index (χ3n) is 26.3. The predicted octanol–water partition coefficient (Wildman–Crippen LogP) is 31.7. The number of benzene rings is 19. The van der Waals surface area contributed by atoms with Crippen LogP contribution in [-0.2, 0) is 0 Å². The minimum atomic E-state index is 0.578. The van der Waals surface area contributed by atoms with Crippen molar-refractivity contribution in [1.82, 2.24) is 59.8 Å². The summed E-state index contributed by atoms with van der Waals surface area (Å²) in [6.07, 6.45) is 5.57. The Morgan fingerprint density at radius 2 is 0.411 bits per heavy atom. The van der Waals surface area contributed by atoms with Gasteiger partial charge in [-0.1, -0.05) is 322 Å². The number of aromatic nitrogens is 12. The van der Waals surface area contributed by atoms with Crippen molar-refractivity contribution in [2.45, 2.75) is 0 Å². The third kappa shape index (κ3) is 15.5. The number of rotatable bonds is 13. The molecular formula is C126H76N12O3. The summed E-state index contributed by atoms with van der Waals surface area (Å²) in [6.45, 7) is 0. The highest BCUT2D eigenvalue weighted by molar-refractivity contribution is 6.13. The number of para-hydroxylation sites is 3. The summed E-state index contributed by atoms with van der Waals surface area (Å²) in [7, 11) is 0. The molecule has 0 radical (unpaired) electrons. The maximum Gasteiger partial charge on any atom is 0.164 e. The molecule has 28 rings (SSSR count). The average Bonchev–Trinajstić information content (AvgIpc) is 0.741. The summed E-state index contributed by atoms with van der Waals surface area (Å²) in [5.41, 5.74) is 32.8. The molecule has 15 heteroatoms. The quantitative estimate of drug-likeness (QED) is 0.106. The zero-order valence-corrected chi connectivity index (χ0v) is 75.5. The first-order chi connectivity index (χ1) is 69.8. The van der Waals surface area contributed by atoms with E-state index in [0.29, 0.717) is 23.3 Å². The largest absolute Gasteiger partial charge is 0.456 e. The van der Waals surface area contributed by atoms with Crippen molar-refractivity contribution >= 4 is 65.4 Å². The number of pyridine rings is 1. The van der Waals surface area contributed by atoms with Crippen LogP contribution in [0.15, 0.2) is 461 Å². The second kappa shape index (κ2) is 35.1. The van der Waals surface area contributed by atoms with E-state index in [2.05, 4.69) is 231 Å². The molecule has 0 spiro atoms. The molecule has 9 heterocycles. The Morgan fingerprint density at radius 1 is 0.135 bits per heavy atom. The molecule has 0 N–H and O–H groups in total. The van der Waals surface area contributed by atoms with E-state index in [1.807, 2.05) is 231 Å². The fourth-order valence-corrected chi connectivity index (χ4v) is 19.4. The van der Waals surface area contributed by atoms with Crippen LogP contribution in [0.2, 0.25) is 0 Å². The molecule has 15 nitrogen and oxygen atoms in total. The van der Waals surface area contributed by atoms with Gasteiger partial charge in [-0.3, -0.25) is 15.0 Å². The summed E-state index contributed by atoms with van der Waals surface area (Å²) < 4.78 is 19.0. The molecule has 0 saturated heterocycles. The number of hydrogen-bond acceptors (Lipinski definition) is 15. The van der Waals surface area contributed by atoms with Crippen LogP contribution in [-0.4, -0.2) is 59.8 Å². The maximum absolute atomic E-state index is 6.34. The third-order valence-corrected chi connectivity index (χ3v) is 26.3. The van der Waals surface area contributed by atoms with Crippen LogP contribution in [0.25, 0.3) is 245 Å². The van der Waals surface area contributed by atoms with Crippen molar-refractivity contribution < 1.29 is 14.2 Å². The van der Waals surface area contributed by atoms with Crippen LogP contribution in [0.5, 0.6) is 34.5 Å². The van der Waals surface area contributed by atoms with Gasteiger partial charge in [0.05, 0.1) is 91.5 Å². The molecular weight excluding hydrogens is 1730 g/mol. The molecule has 0 bridgehead atoms. The minimum Gasteiger partial charge on any atom is -0.456 e. The normalized spacial score (nSPS) is 11.7. The van der Waals surface area contributed by atoms with E-state index >= 15 is 0 Å². The Bertz CT molecular complexity index is 8810. The van der Waals surface area contributed by atoms with Crippen molar-refractivity contribution in [2.75, 3.05) is 0 Å². The molecule has 658 valence electrons. The van der Waals surface area contributed by atoms with Crippen LogP contribution in [0.4, 0.5) is 0 Å². The van der Waals surface area contributed by atoms with E-state index in [9.17, 15) is 0 Å². The average molecular weight is 1810 g/mol. The lowest BCUT2D eigenvalue weighted by molar-refractivity contribution is 0.487. The second-order valence-electron chi connectivity index (χ2n) is 34.9. The SMILES string of the molecule is c1ccc(-c2cc(-c3ccccc3)nc(-c3ccc4ncc(-c5ccc6c7c(cccc57)-c5ccccc5O6)nc4c3)n2)cc1.c1ccc(-c2ccc(-c3cc(-c4ccc5ncc(-c6ccc7c8c(cccc68)-c6ccccc6O7)nc5c4)cc(-c4ccccc4)n3)cc2)cc1.c1ccc(-c2nc(-c3ccccc3)nc(-c3ccc4ncc(-c5ccc6c7c(cccc57)-c5ccccc5O6)nc4c3)n2)cc1. The van der Waals surface area contributed by atoms with Crippen molar-refractivity contribution in [3.8, 4) is 214 Å². The van der Waals surface area contributed by atoms with Gasteiger partial charge in [-0.05, 0) is 176 Å². The Morgan fingerprint density at radius 3 is 0.787 bits per heavy atom. The lowest BCUT2D eigenvalue weighted by Crippen LogP contribution is -2.00. The standard InChI is InChI=1S/C47H29N3O.C40H24N4O.C39H23N5O/c1-3-10-30(11-4-1)31-18-20-33(21-19-31)42-28-35(27-41(49-42)32-12-5-2-6-13-32)34-22-24-40-43(26-34)50-44(29-48-40)36-23-25-46-47-38(36)15-9-16-39(47)37-14-7-8-17-45(37)51-46;1-3-10-25(11-4-1)33-23-34(26-12-5-2-6-13-26)44-40(43-33)27-18-20-32-35(22-27)42-36(24-41-32)28-19-21-38-39-30(28)15-9-16-31(39)29-14-7-8-17-37(29)45-38;1-3-10-24(11-4-1)37-42-38(25-12-5-2-6-13-25)44-39(43-37)26-18-20-31-32(22-26)41-33(23-40-31)27-19-21-35-36-29(27)15-9-16-30(36)28-14-7-8-17-34(28)45-35/h1-29H;1-24H;1-23H. The Balaban J connectivity index is 0.000000109. The van der Waals surface area contributed by atoms with E-state index in [1.165, 1.54) is 16.7 Å². The summed E-state index contributed by atoms with van der Waals surface area (Å²) in [5.74, 6) is 7.62. The molecule has 0 atom stereocenters. The van der Waals surface area contributed by atoms with Crippen molar-refractivity contribution in [2.24, 2.45) is 0 Å². The first kappa shape index (κ1) is 82.3. The Kier molecular flexibility index (Phi) is 20.5. The summed E-state index contributed by atoms with van der Waals surface area (Å²) in [5, 5.41) is 6.51. The molecule has 0 unspecified atom stereocenters. The lowest BCUT2D eigenvalue weighted by atomic mass is 9.92. The molecule has 25 aromatic rings. The number of nitrogens with zero attached hydrogens (tertiary/aromatic N) is 12. The van der Waals surface area contributed by atoms with Crippen LogP contribution in [0.1, 0.15) is 0 Å². The zero-order valence-electron chi connectivity index (χ0n) is 75.5. The van der Waals surface area contributed by atoms with Crippen LogP contribution < -0.4 is 14.2 Å². The number of hydrogen-bond donors (Lipinski definition) is 0. The summed E-state index contributed by atoms with van der Waals surface area (Å²) in [4.78, 5) is 59.7. The fourth-order valence-electron chi connectivity index (χ4n) is 19.4. The van der Waals surface area contributed by atoms with E-state index < -0.39 is 0 Å². The molecule has 0 saturated carbocycles. The molecule has 3 aliphatic rings.